The highest BCUT2D eigenvalue weighted by molar-refractivity contribution is 6.32. The fourth-order valence-corrected chi connectivity index (χ4v) is 3.50. The molecule has 1 aromatic carbocycles. The second kappa shape index (κ2) is 8.25. The molecule has 10 heteroatoms. The van der Waals surface area contributed by atoms with Crippen molar-refractivity contribution in [3.63, 3.8) is 0 Å². The van der Waals surface area contributed by atoms with Gasteiger partial charge < -0.3 is 14.5 Å². The lowest BCUT2D eigenvalue weighted by atomic mass is 10.2. The smallest absolute Gasteiger partial charge is 0.244 e. The zero-order valence-electron chi connectivity index (χ0n) is 15.4. The summed E-state index contributed by atoms with van der Waals surface area (Å²) in [6.45, 7) is 3.50. The average Bonchev–Trinajstić information content (AvgIpc) is 2.96. The lowest BCUT2D eigenvalue weighted by molar-refractivity contribution is -0.132. The highest BCUT2D eigenvalue weighted by Gasteiger charge is 2.25. The number of piperazine rings is 1. The summed E-state index contributed by atoms with van der Waals surface area (Å²) < 4.78 is 20.9. The minimum absolute atomic E-state index is 0.00361. The normalized spacial score (nSPS) is 14.1. The molecule has 2 aromatic rings. The van der Waals surface area contributed by atoms with Crippen LogP contribution in [0.15, 0.2) is 12.1 Å². The number of hydrogen-bond acceptors (Lipinski definition) is 5. The van der Waals surface area contributed by atoms with Crippen LogP contribution in [-0.2, 0) is 11.3 Å². The molecule has 28 heavy (non-hydrogen) atoms. The summed E-state index contributed by atoms with van der Waals surface area (Å²) in [5, 5.41) is 13.5. The Bertz CT molecular complexity index is 948. The van der Waals surface area contributed by atoms with Gasteiger partial charge in [0.1, 0.15) is 24.2 Å². The molecular formula is C18H18Cl2FN5O2. The van der Waals surface area contributed by atoms with Crippen molar-refractivity contribution in [3.05, 3.63) is 39.4 Å². The van der Waals surface area contributed by atoms with Gasteiger partial charge in [-0.15, -0.1) is 0 Å². The third-order valence-corrected chi connectivity index (χ3v) is 5.47. The van der Waals surface area contributed by atoms with E-state index in [1.165, 1.54) is 17.9 Å². The first-order valence-corrected chi connectivity index (χ1v) is 9.30. The van der Waals surface area contributed by atoms with E-state index >= 15 is 0 Å². The topological polar surface area (TPSA) is 74.4 Å². The number of amides is 1. The van der Waals surface area contributed by atoms with E-state index < -0.39 is 5.82 Å². The van der Waals surface area contributed by atoms with E-state index in [1.807, 2.05) is 11.0 Å². The van der Waals surface area contributed by atoms with Crippen LogP contribution in [0.4, 0.5) is 10.1 Å². The fourth-order valence-electron chi connectivity index (χ4n) is 3.09. The van der Waals surface area contributed by atoms with Gasteiger partial charge in [-0.3, -0.25) is 9.48 Å². The maximum Gasteiger partial charge on any atom is 0.244 e. The van der Waals surface area contributed by atoms with E-state index in [-0.39, 0.29) is 28.2 Å². The molecule has 0 bridgehead atoms. The summed E-state index contributed by atoms with van der Waals surface area (Å²) in [6, 6.07) is 4.69. The Kier molecular flexibility index (Phi) is 5.96. The molecular weight excluding hydrogens is 408 g/mol. The van der Waals surface area contributed by atoms with Crippen LogP contribution < -0.4 is 9.64 Å². The molecule has 1 aliphatic rings. The number of rotatable bonds is 4. The number of benzene rings is 1. The number of halogens is 3. The lowest BCUT2D eigenvalue weighted by Gasteiger charge is -2.36. The SMILES string of the molecule is COc1cc(N2CCN(C(=O)Cn3nc(C#N)c(Cl)c3C)CC2)c(F)cc1Cl. The Labute approximate surface area is 171 Å². The maximum absolute atomic E-state index is 14.3. The van der Waals surface area contributed by atoms with Gasteiger partial charge in [0, 0.05) is 32.2 Å². The first-order valence-electron chi connectivity index (χ1n) is 8.54. The van der Waals surface area contributed by atoms with Gasteiger partial charge in [0.25, 0.3) is 0 Å². The number of aromatic nitrogens is 2. The Morgan fingerprint density at radius 1 is 1.32 bits per heavy atom. The number of carbonyl (C=O) groups is 1. The molecule has 3 rings (SSSR count). The molecule has 1 saturated heterocycles. The van der Waals surface area contributed by atoms with Crippen LogP contribution >= 0.6 is 23.2 Å². The summed E-state index contributed by atoms with van der Waals surface area (Å²) in [5.41, 5.74) is 1.06. The van der Waals surface area contributed by atoms with Crippen LogP contribution in [0.1, 0.15) is 11.4 Å². The maximum atomic E-state index is 14.3. The molecule has 2 heterocycles. The molecule has 0 aliphatic carbocycles. The minimum Gasteiger partial charge on any atom is -0.495 e. The van der Waals surface area contributed by atoms with Crippen LogP contribution in [0, 0.1) is 24.1 Å². The number of hydrogen-bond donors (Lipinski definition) is 0. The van der Waals surface area contributed by atoms with Crippen LogP contribution in [-0.4, -0.2) is 53.9 Å². The molecule has 148 valence electrons. The molecule has 0 N–H and O–H groups in total. The lowest BCUT2D eigenvalue weighted by Crippen LogP contribution is -2.50. The Hall–Kier alpha value is -2.50. The van der Waals surface area contributed by atoms with E-state index in [0.29, 0.717) is 43.3 Å². The van der Waals surface area contributed by atoms with Gasteiger partial charge in [0.05, 0.1) is 28.5 Å². The van der Waals surface area contributed by atoms with E-state index in [0.717, 1.165) is 0 Å². The van der Waals surface area contributed by atoms with Crippen molar-refractivity contribution >= 4 is 34.8 Å². The first-order chi connectivity index (χ1) is 13.3. The number of ether oxygens (including phenoxy) is 1. The van der Waals surface area contributed by atoms with Crippen molar-refractivity contribution in [1.82, 2.24) is 14.7 Å². The van der Waals surface area contributed by atoms with Gasteiger partial charge in [0.15, 0.2) is 5.69 Å². The first kappa shape index (κ1) is 20.2. The van der Waals surface area contributed by atoms with Gasteiger partial charge in [-0.05, 0) is 13.0 Å². The number of anilines is 1. The molecule has 1 aromatic heterocycles. The molecule has 1 fully saturated rings. The third kappa shape index (κ3) is 3.86. The van der Waals surface area contributed by atoms with Crippen LogP contribution in [0.3, 0.4) is 0 Å². The molecule has 0 unspecified atom stereocenters. The summed E-state index contributed by atoms with van der Waals surface area (Å²) in [4.78, 5) is 16.1. The van der Waals surface area contributed by atoms with Crippen molar-refractivity contribution in [2.75, 3.05) is 38.2 Å². The number of nitriles is 1. The van der Waals surface area contributed by atoms with E-state index in [2.05, 4.69) is 5.10 Å². The monoisotopic (exact) mass is 425 g/mol. The third-order valence-electron chi connectivity index (χ3n) is 4.72. The molecule has 0 radical (unpaired) electrons. The second-order valence-corrected chi connectivity index (χ2v) is 7.11. The second-order valence-electron chi connectivity index (χ2n) is 6.32. The molecule has 0 atom stereocenters. The summed E-state index contributed by atoms with van der Waals surface area (Å²) in [7, 11) is 1.47. The zero-order valence-corrected chi connectivity index (χ0v) is 16.9. The van der Waals surface area contributed by atoms with Gasteiger partial charge >= 0.3 is 0 Å². The molecule has 1 amide bonds. The van der Waals surface area contributed by atoms with Crippen LogP contribution in [0.25, 0.3) is 0 Å². The Morgan fingerprint density at radius 2 is 2.00 bits per heavy atom. The van der Waals surface area contributed by atoms with Crippen molar-refractivity contribution in [1.29, 1.82) is 5.26 Å². The van der Waals surface area contributed by atoms with Crippen LogP contribution in [0.2, 0.25) is 10.0 Å². The van der Waals surface area contributed by atoms with E-state index in [9.17, 15) is 9.18 Å². The van der Waals surface area contributed by atoms with Gasteiger partial charge in [-0.2, -0.15) is 10.4 Å². The predicted molar refractivity (Wildman–Crippen MR) is 103 cm³/mol. The number of nitrogens with zero attached hydrogens (tertiary/aromatic N) is 5. The summed E-state index contributed by atoms with van der Waals surface area (Å²) in [5.74, 6) is -0.173. The molecule has 7 nitrogen and oxygen atoms in total. The predicted octanol–water partition coefficient (Wildman–Crippen LogP) is 2.87. The minimum atomic E-state index is -0.434. The Balaban J connectivity index is 1.66. The Morgan fingerprint density at radius 3 is 2.57 bits per heavy atom. The van der Waals surface area contributed by atoms with Crippen molar-refractivity contribution in [2.45, 2.75) is 13.5 Å². The molecule has 0 spiro atoms. The van der Waals surface area contributed by atoms with Crippen molar-refractivity contribution < 1.29 is 13.9 Å². The van der Waals surface area contributed by atoms with E-state index in [1.54, 1.807) is 17.9 Å². The van der Waals surface area contributed by atoms with Crippen LogP contribution in [0.5, 0.6) is 5.75 Å². The van der Waals surface area contributed by atoms with Crippen molar-refractivity contribution in [2.24, 2.45) is 0 Å². The summed E-state index contributed by atoms with van der Waals surface area (Å²) >= 11 is 12.0. The highest BCUT2D eigenvalue weighted by Crippen LogP contribution is 2.32. The standard InChI is InChI=1S/C18H18Cl2FN5O2/c1-11-18(20)14(9-22)23-26(11)10-17(27)25-5-3-24(4-6-25)15-8-16(28-2)12(19)7-13(15)21/h7-8H,3-6,10H2,1-2H3. The van der Waals surface area contributed by atoms with Crippen molar-refractivity contribution in [3.8, 4) is 11.8 Å². The van der Waals surface area contributed by atoms with E-state index in [4.69, 9.17) is 33.2 Å². The van der Waals surface area contributed by atoms with Gasteiger partial charge in [-0.1, -0.05) is 23.2 Å². The molecule has 0 saturated carbocycles. The number of carbonyl (C=O) groups excluding carboxylic acids is 1. The van der Waals surface area contributed by atoms with Gasteiger partial charge in [0.2, 0.25) is 5.91 Å². The number of methoxy groups -OCH3 is 1. The largest absolute Gasteiger partial charge is 0.495 e. The quantitative estimate of drug-likeness (QED) is 0.752. The average molecular weight is 426 g/mol. The zero-order chi connectivity index (χ0) is 20.4. The summed E-state index contributed by atoms with van der Waals surface area (Å²) in [6.07, 6.45) is 0. The molecule has 1 aliphatic heterocycles. The fraction of sp³-hybridized carbons (Fsp3) is 0.389. The van der Waals surface area contributed by atoms with Gasteiger partial charge in [-0.25, -0.2) is 4.39 Å². The highest BCUT2D eigenvalue weighted by atomic mass is 35.5.